The van der Waals surface area contributed by atoms with Gasteiger partial charge in [0, 0.05) is 12.3 Å². The van der Waals surface area contributed by atoms with E-state index < -0.39 is 5.54 Å². The summed E-state index contributed by atoms with van der Waals surface area (Å²) in [5.74, 6) is 1.24. The van der Waals surface area contributed by atoms with Crippen molar-refractivity contribution in [1.29, 1.82) is 0 Å². The predicted octanol–water partition coefficient (Wildman–Crippen LogP) is 3.16. The van der Waals surface area contributed by atoms with Crippen LogP contribution in [0.3, 0.4) is 0 Å². The molecule has 0 atom stereocenters. The second kappa shape index (κ2) is 8.48. The number of carbonyl (C=O) groups excluding carboxylic acids is 2. The average Bonchev–Trinajstić information content (AvgIpc) is 3.48. The summed E-state index contributed by atoms with van der Waals surface area (Å²) in [4.78, 5) is 31.7. The Balaban J connectivity index is 1.29. The van der Waals surface area contributed by atoms with Crippen LogP contribution in [0.15, 0.2) is 47.1 Å². The molecule has 9 heteroatoms. The molecule has 1 amide bonds. The molecule has 1 saturated heterocycles. The molecule has 1 aliphatic heterocycles. The molecule has 2 fully saturated rings. The van der Waals surface area contributed by atoms with Gasteiger partial charge in [0.1, 0.15) is 17.7 Å². The molecule has 0 spiro atoms. The topological polar surface area (TPSA) is 107 Å². The van der Waals surface area contributed by atoms with Crippen molar-refractivity contribution in [2.75, 3.05) is 25.1 Å². The second-order valence-electron chi connectivity index (χ2n) is 8.91. The largest absolute Gasteiger partial charge is 0.468 e. The van der Waals surface area contributed by atoms with Gasteiger partial charge in [-0.15, -0.1) is 0 Å². The van der Waals surface area contributed by atoms with Crippen molar-refractivity contribution in [2.45, 2.75) is 38.3 Å². The molecule has 3 aromatic rings. The molecule has 2 aliphatic rings. The highest BCUT2D eigenvalue weighted by atomic mass is 16.5. The lowest BCUT2D eigenvalue weighted by Gasteiger charge is -2.40. The molecule has 9 nitrogen and oxygen atoms in total. The Morgan fingerprint density at radius 3 is 2.50 bits per heavy atom. The van der Waals surface area contributed by atoms with Crippen molar-refractivity contribution in [3.63, 3.8) is 0 Å². The number of hydrogen-bond acceptors (Lipinski definition) is 8. The van der Waals surface area contributed by atoms with Gasteiger partial charge in [-0.05, 0) is 61.2 Å². The van der Waals surface area contributed by atoms with E-state index in [0.717, 1.165) is 24.0 Å². The molecule has 176 valence electrons. The summed E-state index contributed by atoms with van der Waals surface area (Å²) < 4.78 is 15.6. The van der Waals surface area contributed by atoms with Crippen LogP contribution in [0, 0.1) is 13.8 Å². The van der Waals surface area contributed by atoms with E-state index in [4.69, 9.17) is 14.0 Å². The lowest BCUT2D eigenvalue weighted by atomic mass is 10.0. The average molecular weight is 463 g/mol. The Bertz CT molecular complexity index is 1230. The van der Waals surface area contributed by atoms with Crippen LogP contribution in [0.2, 0.25) is 0 Å². The van der Waals surface area contributed by atoms with Crippen molar-refractivity contribution >= 4 is 17.7 Å². The van der Waals surface area contributed by atoms with Gasteiger partial charge in [-0.2, -0.15) is 0 Å². The molecule has 0 bridgehead atoms. The monoisotopic (exact) mass is 462 g/mol. The van der Waals surface area contributed by atoms with Crippen LogP contribution in [0.4, 0.5) is 5.82 Å². The molecule has 34 heavy (non-hydrogen) atoms. The number of aromatic nitrogens is 2. The minimum absolute atomic E-state index is 0.0494. The van der Waals surface area contributed by atoms with Crippen LogP contribution >= 0.6 is 0 Å². The number of pyridine rings is 1. The third-order valence-electron chi connectivity index (χ3n) is 6.25. The maximum absolute atomic E-state index is 13.4. The van der Waals surface area contributed by atoms with Gasteiger partial charge in [0.05, 0.1) is 36.9 Å². The molecule has 2 aromatic heterocycles. The number of anilines is 1. The van der Waals surface area contributed by atoms with E-state index in [-0.39, 0.29) is 18.0 Å². The molecular formula is C25H26N4O5. The molecule has 0 unspecified atom stereocenters. The van der Waals surface area contributed by atoms with E-state index in [9.17, 15) is 9.59 Å². The highest BCUT2D eigenvalue weighted by molar-refractivity contribution is 6.00. The van der Waals surface area contributed by atoms with Gasteiger partial charge in [-0.3, -0.25) is 4.79 Å². The van der Waals surface area contributed by atoms with Crippen molar-refractivity contribution in [1.82, 2.24) is 15.5 Å². The fraction of sp³-hybridized carbons (Fsp3) is 0.360. The first-order chi connectivity index (χ1) is 16.4. The Labute approximate surface area is 197 Å². The first-order valence-corrected chi connectivity index (χ1v) is 11.2. The third kappa shape index (κ3) is 4.21. The first kappa shape index (κ1) is 21.9. The number of nitrogens with zero attached hydrogens (tertiary/aromatic N) is 3. The smallest absolute Gasteiger partial charge is 0.337 e. The summed E-state index contributed by atoms with van der Waals surface area (Å²) in [6.45, 7) is 4.93. The van der Waals surface area contributed by atoms with Gasteiger partial charge in [0.15, 0.2) is 0 Å². The van der Waals surface area contributed by atoms with E-state index >= 15 is 0 Å². The summed E-state index contributed by atoms with van der Waals surface area (Å²) in [5, 5.41) is 7.08. The van der Waals surface area contributed by atoms with Gasteiger partial charge in [-0.1, -0.05) is 12.1 Å². The molecule has 5 rings (SSSR count). The van der Waals surface area contributed by atoms with Gasteiger partial charge in [0.2, 0.25) is 0 Å². The number of methoxy groups -OCH3 is 1. The SMILES string of the molecule is COC(=O)c1ccc(C2(NC(=O)c3cc(C)cnc3N3CC(Oc4cc(C)on4)C3)CC2)cc1. The van der Waals surface area contributed by atoms with E-state index in [0.29, 0.717) is 41.7 Å². The number of esters is 1. The maximum atomic E-state index is 13.4. The van der Waals surface area contributed by atoms with Gasteiger partial charge in [0.25, 0.3) is 11.8 Å². The highest BCUT2D eigenvalue weighted by Gasteiger charge is 2.46. The lowest BCUT2D eigenvalue weighted by molar-refractivity contribution is 0.0600. The minimum atomic E-state index is -0.432. The standard InChI is InChI=1S/C25H26N4O5/c1-15-10-20(22(26-12-15)29-13-19(14-29)33-21-11-16(2)34-28-21)23(30)27-25(8-9-25)18-6-4-17(5-7-18)24(31)32-3/h4-7,10-12,19H,8-9,13-14H2,1-3H3,(H,27,30). The summed E-state index contributed by atoms with van der Waals surface area (Å²) in [6, 6.07) is 10.8. The summed E-state index contributed by atoms with van der Waals surface area (Å²) in [7, 11) is 1.36. The van der Waals surface area contributed by atoms with E-state index in [1.165, 1.54) is 7.11 Å². The van der Waals surface area contributed by atoms with Crippen LogP contribution in [0.5, 0.6) is 5.88 Å². The zero-order chi connectivity index (χ0) is 23.9. The molecule has 1 aliphatic carbocycles. The molecular weight excluding hydrogens is 436 g/mol. The fourth-order valence-corrected chi connectivity index (χ4v) is 4.18. The number of ether oxygens (including phenoxy) is 2. The Morgan fingerprint density at radius 2 is 1.88 bits per heavy atom. The number of nitrogens with one attached hydrogen (secondary N) is 1. The van der Waals surface area contributed by atoms with Crippen molar-refractivity contribution in [2.24, 2.45) is 0 Å². The van der Waals surface area contributed by atoms with Crippen molar-refractivity contribution < 1.29 is 23.6 Å². The number of benzene rings is 1. The van der Waals surface area contributed by atoms with E-state index in [1.807, 2.05) is 36.9 Å². The first-order valence-electron chi connectivity index (χ1n) is 11.2. The molecule has 1 N–H and O–H groups in total. The molecule has 3 heterocycles. The third-order valence-corrected chi connectivity index (χ3v) is 6.25. The van der Waals surface area contributed by atoms with Gasteiger partial charge >= 0.3 is 5.97 Å². The second-order valence-corrected chi connectivity index (χ2v) is 8.91. The maximum Gasteiger partial charge on any atom is 0.337 e. The highest BCUT2D eigenvalue weighted by Crippen LogP contribution is 2.46. The number of rotatable bonds is 7. The minimum Gasteiger partial charge on any atom is -0.468 e. The van der Waals surface area contributed by atoms with Gasteiger partial charge < -0.3 is 24.2 Å². The van der Waals surface area contributed by atoms with Crippen molar-refractivity contribution in [3.05, 3.63) is 70.6 Å². The van der Waals surface area contributed by atoms with Crippen LogP contribution in [0.25, 0.3) is 0 Å². The zero-order valence-electron chi connectivity index (χ0n) is 19.3. The Kier molecular flexibility index (Phi) is 5.47. The summed E-state index contributed by atoms with van der Waals surface area (Å²) >= 11 is 0. The quantitative estimate of drug-likeness (QED) is 0.534. The molecule has 0 radical (unpaired) electrons. The Hall–Kier alpha value is -3.88. The van der Waals surface area contributed by atoms with E-state index in [2.05, 4.69) is 15.5 Å². The lowest BCUT2D eigenvalue weighted by Crippen LogP contribution is -2.55. The number of amides is 1. The van der Waals surface area contributed by atoms with Gasteiger partial charge in [-0.25, -0.2) is 9.78 Å². The molecule has 1 aromatic carbocycles. The van der Waals surface area contributed by atoms with Crippen LogP contribution in [0.1, 0.15) is 50.4 Å². The number of aryl methyl sites for hydroxylation is 2. The zero-order valence-corrected chi connectivity index (χ0v) is 19.3. The number of hydrogen-bond donors (Lipinski definition) is 1. The molecule has 1 saturated carbocycles. The fourth-order valence-electron chi connectivity index (χ4n) is 4.18. The van der Waals surface area contributed by atoms with E-state index in [1.54, 1.807) is 24.4 Å². The normalized spacial score (nSPS) is 16.5. The van der Waals surface area contributed by atoms with Crippen molar-refractivity contribution in [3.8, 4) is 5.88 Å². The van der Waals surface area contributed by atoms with Crippen LogP contribution in [-0.4, -0.2) is 48.3 Å². The predicted molar refractivity (Wildman–Crippen MR) is 123 cm³/mol. The summed E-state index contributed by atoms with van der Waals surface area (Å²) in [6.07, 6.45) is 3.38. The van der Waals surface area contributed by atoms with Crippen LogP contribution in [-0.2, 0) is 10.3 Å². The Morgan fingerprint density at radius 1 is 1.15 bits per heavy atom. The summed E-state index contributed by atoms with van der Waals surface area (Å²) in [5.41, 5.74) is 2.46. The number of carbonyl (C=O) groups is 2. The van der Waals surface area contributed by atoms with Crippen LogP contribution < -0.4 is 15.0 Å².